The fraction of sp³-hybridized carbons (Fsp3) is 0.385. The second-order valence-corrected chi connectivity index (χ2v) is 4.28. The number of hydrogen-bond donors (Lipinski definition) is 1. The Hall–Kier alpha value is -1.88. The van der Waals surface area contributed by atoms with E-state index in [9.17, 15) is 0 Å². The lowest BCUT2D eigenvalue weighted by molar-refractivity contribution is 0.404. The van der Waals surface area contributed by atoms with E-state index in [0.29, 0.717) is 5.75 Å². The smallest absolute Gasteiger partial charge is 0.142 e. The zero-order valence-electron chi connectivity index (χ0n) is 11.1. The Morgan fingerprint density at radius 1 is 1.39 bits per heavy atom. The molecule has 2 rings (SSSR count). The fourth-order valence-electron chi connectivity index (χ4n) is 2.19. The molecule has 5 heteroatoms. The minimum absolute atomic E-state index is 0.324. The first-order chi connectivity index (χ1) is 8.56. The van der Waals surface area contributed by atoms with Gasteiger partial charge in [0.25, 0.3) is 0 Å². The number of pyridine rings is 1. The highest BCUT2D eigenvalue weighted by Crippen LogP contribution is 2.29. The summed E-state index contributed by atoms with van der Waals surface area (Å²) in [6, 6.07) is 3.37. The zero-order chi connectivity index (χ0) is 13.3. The Morgan fingerprint density at radius 2 is 2.11 bits per heavy atom. The van der Waals surface area contributed by atoms with Crippen molar-refractivity contribution in [1.82, 2.24) is 14.8 Å². The molecule has 2 aromatic heterocycles. The number of ether oxygens (including phenoxy) is 1. The normalized spacial score (nSPS) is 12.5. The van der Waals surface area contributed by atoms with Gasteiger partial charge in [0.05, 0.1) is 18.8 Å². The maximum Gasteiger partial charge on any atom is 0.142 e. The molecule has 0 fully saturated rings. The molecule has 0 aliphatic carbocycles. The second-order valence-electron chi connectivity index (χ2n) is 4.28. The van der Waals surface area contributed by atoms with Crippen molar-refractivity contribution in [2.75, 3.05) is 7.11 Å². The lowest BCUT2D eigenvalue weighted by Crippen LogP contribution is -2.16. The van der Waals surface area contributed by atoms with Crippen LogP contribution in [0.15, 0.2) is 18.3 Å². The van der Waals surface area contributed by atoms with Crippen LogP contribution in [0.25, 0.3) is 0 Å². The van der Waals surface area contributed by atoms with Crippen molar-refractivity contribution in [3.8, 4) is 5.75 Å². The number of aromatic nitrogens is 3. The van der Waals surface area contributed by atoms with Crippen molar-refractivity contribution in [1.29, 1.82) is 0 Å². The van der Waals surface area contributed by atoms with Crippen molar-refractivity contribution in [2.24, 2.45) is 12.8 Å². The second kappa shape index (κ2) is 4.78. The van der Waals surface area contributed by atoms with Gasteiger partial charge in [-0.3, -0.25) is 9.67 Å². The number of aryl methyl sites for hydroxylation is 2. The minimum atomic E-state index is -0.324. The SMILES string of the molecule is COc1cccnc1C(N)c1c(C)nn(C)c1C. The molecular formula is C13H18N4O. The number of nitrogens with two attached hydrogens (primary N) is 1. The Balaban J connectivity index is 2.51. The molecule has 0 aliphatic rings. The molecule has 0 spiro atoms. The number of rotatable bonds is 3. The molecule has 18 heavy (non-hydrogen) atoms. The van der Waals surface area contributed by atoms with E-state index in [1.165, 1.54) is 0 Å². The molecule has 2 N–H and O–H groups in total. The molecule has 0 radical (unpaired) electrons. The van der Waals surface area contributed by atoms with E-state index in [4.69, 9.17) is 10.5 Å². The molecule has 0 amide bonds. The van der Waals surface area contributed by atoms with E-state index < -0.39 is 0 Å². The average molecular weight is 246 g/mol. The Labute approximate surface area is 107 Å². The molecule has 0 saturated carbocycles. The van der Waals surface area contributed by atoms with Crippen LogP contribution < -0.4 is 10.5 Å². The van der Waals surface area contributed by atoms with Crippen molar-refractivity contribution in [2.45, 2.75) is 19.9 Å². The van der Waals surface area contributed by atoms with Crippen LogP contribution in [0.5, 0.6) is 5.75 Å². The maximum atomic E-state index is 6.31. The Kier molecular flexibility index (Phi) is 3.34. The van der Waals surface area contributed by atoms with Gasteiger partial charge < -0.3 is 10.5 Å². The molecule has 1 atom stereocenters. The summed E-state index contributed by atoms with van der Waals surface area (Å²) in [6.45, 7) is 3.96. The number of hydrogen-bond acceptors (Lipinski definition) is 4. The number of methoxy groups -OCH3 is 1. The summed E-state index contributed by atoms with van der Waals surface area (Å²) in [5.41, 5.74) is 10.0. The van der Waals surface area contributed by atoms with Gasteiger partial charge in [0, 0.05) is 24.5 Å². The van der Waals surface area contributed by atoms with Gasteiger partial charge in [0.1, 0.15) is 11.4 Å². The standard InChI is InChI=1S/C13H18N4O/c1-8-11(9(2)17(3)16-8)12(14)13-10(18-4)6-5-7-15-13/h5-7,12H,14H2,1-4H3. The first-order valence-electron chi connectivity index (χ1n) is 5.80. The molecule has 1 unspecified atom stereocenters. The third-order valence-electron chi connectivity index (χ3n) is 3.19. The van der Waals surface area contributed by atoms with Crippen molar-refractivity contribution >= 4 is 0 Å². The van der Waals surface area contributed by atoms with Crippen molar-refractivity contribution in [3.05, 3.63) is 41.0 Å². The van der Waals surface area contributed by atoms with Crippen LogP contribution in [-0.4, -0.2) is 21.9 Å². The summed E-state index contributed by atoms with van der Waals surface area (Å²) in [4.78, 5) is 4.33. The summed E-state index contributed by atoms with van der Waals surface area (Å²) in [7, 11) is 3.53. The first-order valence-corrected chi connectivity index (χ1v) is 5.80. The maximum absolute atomic E-state index is 6.31. The topological polar surface area (TPSA) is 66.0 Å². The van der Waals surface area contributed by atoms with Crippen molar-refractivity contribution in [3.63, 3.8) is 0 Å². The van der Waals surface area contributed by atoms with E-state index in [2.05, 4.69) is 10.1 Å². The van der Waals surface area contributed by atoms with Gasteiger partial charge in [-0.05, 0) is 26.0 Å². The lowest BCUT2D eigenvalue weighted by Gasteiger charge is -2.15. The largest absolute Gasteiger partial charge is 0.495 e. The van der Waals surface area contributed by atoms with Gasteiger partial charge in [0.15, 0.2) is 0 Å². The molecule has 2 heterocycles. The highest BCUT2D eigenvalue weighted by Gasteiger charge is 2.22. The van der Waals surface area contributed by atoms with Gasteiger partial charge in [0.2, 0.25) is 0 Å². The van der Waals surface area contributed by atoms with Crippen LogP contribution in [0, 0.1) is 13.8 Å². The quantitative estimate of drug-likeness (QED) is 0.891. The molecule has 96 valence electrons. The molecule has 0 saturated heterocycles. The van der Waals surface area contributed by atoms with Crippen LogP contribution in [0.1, 0.15) is 28.7 Å². The molecule has 5 nitrogen and oxygen atoms in total. The van der Waals surface area contributed by atoms with Gasteiger partial charge in [-0.1, -0.05) is 0 Å². The van der Waals surface area contributed by atoms with Gasteiger partial charge >= 0.3 is 0 Å². The molecule has 0 aromatic carbocycles. The van der Waals surface area contributed by atoms with Gasteiger partial charge in [-0.25, -0.2) is 0 Å². The van der Waals surface area contributed by atoms with Crippen LogP contribution >= 0.6 is 0 Å². The fourth-order valence-corrected chi connectivity index (χ4v) is 2.19. The van der Waals surface area contributed by atoms with Crippen LogP contribution in [0.3, 0.4) is 0 Å². The summed E-state index contributed by atoms with van der Waals surface area (Å²) < 4.78 is 7.14. The van der Waals surface area contributed by atoms with Crippen molar-refractivity contribution < 1.29 is 4.74 Å². The van der Waals surface area contributed by atoms with E-state index >= 15 is 0 Å². The van der Waals surface area contributed by atoms with E-state index in [1.54, 1.807) is 13.3 Å². The first kappa shape index (κ1) is 12.6. The average Bonchev–Trinajstić information content (AvgIpc) is 2.62. The number of nitrogens with zero attached hydrogens (tertiary/aromatic N) is 3. The zero-order valence-corrected chi connectivity index (χ0v) is 11.1. The summed E-state index contributed by atoms with van der Waals surface area (Å²) in [6.07, 6.45) is 1.72. The lowest BCUT2D eigenvalue weighted by atomic mass is 10.0. The minimum Gasteiger partial charge on any atom is -0.495 e. The van der Waals surface area contributed by atoms with E-state index in [1.807, 2.05) is 37.7 Å². The predicted octanol–water partition coefficient (Wildman–Crippen LogP) is 1.49. The third kappa shape index (κ3) is 1.97. The Morgan fingerprint density at radius 3 is 2.67 bits per heavy atom. The third-order valence-corrected chi connectivity index (χ3v) is 3.19. The van der Waals surface area contributed by atoms with E-state index in [0.717, 1.165) is 22.6 Å². The van der Waals surface area contributed by atoms with Gasteiger partial charge in [-0.2, -0.15) is 5.10 Å². The molecule has 2 aromatic rings. The van der Waals surface area contributed by atoms with Crippen LogP contribution in [0.4, 0.5) is 0 Å². The summed E-state index contributed by atoms with van der Waals surface area (Å²) in [5.74, 6) is 0.702. The highest BCUT2D eigenvalue weighted by molar-refractivity contribution is 5.39. The molecular weight excluding hydrogens is 228 g/mol. The summed E-state index contributed by atoms with van der Waals surface area (Å²) >= 11 is 0. The molecule has 0 bridgehead atoms. The highest BCUT2D eigenvalue weighted by atomic mass is 16.5. The molecule has 0 aliphatic heterocycles. The predicted molar refractivity (Wildman–Crippen MR) is 69.5 cm³/mol. The van der Waals surface area contributed by atoms with Crippen LogP contribution in [0.2, 0.25) is 0 Å². The van der Waals surface area contributed by atoms with E-state index in [-0.39, 0.29) is 6.04 Å². The van der Waals surface area contributed by atoms with Crippen LogP contribution in [-0.2, 0) is 7.05 Å². The monoisotopic (exact) mass is 246 g/mol. The Bertz CT molecular complexity index is 562. The van der Waals surface area contributed by atoms with Gasteiger partial charge in [-0.15, -0.1) is 0 Å². The summed E-state index contributed by atoms with van der Waals surface area (Å²) in [5, 5.41) is 4.38.